The second-order valence-electron chi connectivity index (χ2n) is 10.5. The molecule has 3 fully saturated rings. The highest BCUT2D eigenvalue weighted by atomic mass is 35.5. The summed E-state index contributed by atoms with van der Waals surface area (Å²) in [6.45, 7) is 0.440. The maximum absolute atomic E-state index is 12.9. The summed E-state index contributed by atoms with van der Waals surface area (Å²) in [6, 6.07) is 13.6. The fraction of sp³-hybridized carbons (Fsp3) is 0.357. The Kier molecular flexibility index (Phi) is 5.41. The topological polar surface area (TPSA) is 95.7 Å². The minimum atomic E-state index is -0.491. The number of aromatic nitrogens is 4. The number of nitrogens with one attached hydrogen (secondary N) is 1. The van der Waals surface area contributed by atoms with E-state index < -0.39 is 6.10 Å². The molecule has 4 atom stereocenters. The number of anilines is 2. The summed E-state index contributed by atoms with van der Waals surface area (Å²) in [5.74, 6) is 1.80. The van der Waals surface area contributed by atoms with Crippen molar-refractivity contribution < 1.29 is 9.90 Å². The highest BCUT2D eigenvalue weighted by molar-refractivity contribution is 6.30. The number of benzene rings is 1. The molecule has 3 aliphatic rings. The molecule has 37 heavy (non-hydrogen) atoms. The van der Waals surface area contributed by atoms with Gasteiger partial charge in [-0.2, -0.15) is 0 Å². The van der Waals surface area contributed by atoms with Crippen molar-refractivity contribution >= 4 is 34.8 Å². The van der Waals surface area contributed by atoms with Crippen molar-refractivity contribution in [2.45, 2.75) is 49.7 Å². The molecule has 4 heterocycles. The van der Waals surface area contributed by atoms with Crippen LogP contribution in [0.1, 0.15) is 60.4 Å². The molecule has 2 aliphatic carbocycles. The summed E-state index contributed by atoms with van der Waals surface area (Å²) >= 11 is 6.12. The van der Waals surface area contributed by atoms with Crippen molar-refractivity contribution in [2.24, 2.45) is 5.92 Å². The van der Waals surface area contributed by atoms with Crippen LogP contribution in [0, 0.1) is 5.92 Å². The first-order valence-corrected chi connectivity index (χ1v) is 13.2. The van der Waals surface area contributed by atoms with Gasteiger partial charge < -0.3 is 19.7 Å². The number of carbonyl (C=O) groups excluding carboxylic acids is 1. The standard InChI is InChI=1S/C28H27ClN6O2/c29-19-3-1-2-17(8-19)21-10-22(21)28(37)33-25-11-27(31-15-30-25)35-13-20(36)9-24(35)23-14-34-12-18(16-4-5-16)6-7-26(34)32-23/h1-3,6-8,11-12,14-16,20-22,24,36H,4-5,9-10,13H2,(H,30,31,33,37)/t20-,21-,22+,24-/m1/s1. The molecule has 3 aromatic heterocycles. The molecule has 2 N–H and O–H groups in total. The van der Waals surface area contributed by atoms with Crippen molar-refractivity contribution in [3.63, 3.8) is 0 Å². The van der Waals surface area contributed by atoms with Crippen molar-refractivity contribution in [3.8, 4) is 0 Å². The van der Waals surface area contributed by atoms with E-state index in [4.69, 9.17) is 16.6 Å². The number of carbonyl (C=O) groups is 1. The average Bonchev–Trinajstić information content (AvgIpc) is 3.81. The van der Waals surface area contributed by atoms with E-state index in [1.54, 1.807) is 6.07 Å². The van der Waals surface area contributed by atoms with Gasteiger partial charge in [0.1, 0.15) is 23.6 Å². The number of β-amino-alcohol motifs (C(OH)–C–C–N with tert-alkyl or cyclic N) is 1. The molecular formula is C28H27ClN6O2. The Balaban J connectivity index is 1.09. The van der Waals surface area contributed by atoms with Crippen molar-refractivity contribution in [1.29, 1.82) is 0 Å². The predicted octanol–water partition coefficient (Wildman–Crippen LogP) is 4.71. The van der Waals surface area contributed by atoms with E-state index in [9.17, 15) is 9.90 Å². The minimum absolute atomic E-state index is 0.0561. The maximum atomic E-state index is 12.9. The van der Waals surface area contributed by atoms with Gasteiger partial charge in [-0.05, 0) is 60.4 Å². The van der Waals surface area contributed by atoms with Gasteiger partial charge in [0.25, 0.3) is 0 Å². The lowest BCUT2D eigenvalue weighted by molar-refractivity contribution is -0.117. The van der Waals surface area contributed by atoms with Crippen LogP contribution < -0.4 is 10.2 Å². The van der Waals surface area contributed by atoms with Crippen LogP contribution >= 0.6 is 11.6 Å². The summed E-state index contributed by atoms with van der Waals surface area (Å²) in [5, 5.41) is 14.2. The normalized spacial score (nSPS) is 25.0. The number of fused-ring (bicyclic) bond motifs is 1. The van der Waals surface area contributed by atoms with E-state index in [2.05, 4.69) is 49.1 Å². The first-order valence-electron chi connectivity index (χ1n) is 12.8. The fourth-order valence-electron chi connectivity index (χ4n) is 5.58. The Morgan fingerprint density at radius 3 is 2.78 bits per heavy atom. The van der Waals surface area contributed by atoms with Crippen LogP contribution in [0.5, 0.6) is 0 Å². The van der Waals surface area contributed by atoms with Crippen LogP contribution in [-0.4, -0.2) is 43.0 Å². The molecule has 1 amide bonds. The first kappa shape index (κ1) is 22.7. The van der Waals surface area contributed by atoms with E-state index in [1.165, 1.54) is 24.7 Å². The van der Waals surface area contributed by atoms with Crippen molar-refractivity contribution in [1.82, 2.24) is 19.4 Å². The third-order valence-corrected chi connectivity index (χ3v) is 8.00. The second kappa shape index (κ2) is 8.82. The third kappa shape index (κ3) is 4.45. The first-order chi connectivity index (χ1) is 18.0. The van der Waals surface area contributed by atoms with E-state index in [1.807, 2.05) is 24.3 Å². The SMILES string of the molecule is O=C(Nc1cc(N2C[C@H](O)C[C@@H]2c2cn3cc(C4CC4)ccc3n2)ncn1)[C@H]1C[C@@H]1c1cccc(Cl)c1. The number of amides is 1. The Labute approximate surface area is 219 Å². The average molecular weight is 515 g/mol. The van der Waals surface area contributed by atoms with Gasteiger partial charge in [-0.1, -0.05) is 29.8 Å². The fourth-order valence-corrected chi connectivity index (χ4v) is 5.78. The highest BCUT2D eigenvalue weighted by Crippen LogP contribution is 2.48. The molecule has 1 aromatic carbocycles. The molecule has 188 valence electrons. The van der Waals surface area contributed by atoms with E-state index >= 15 is 0 Å². The van der Waals surface area contributed by atoms with Crippen LogP contribution in [0.3, 0.4) is 0 Å². The Bertz CT molecular complexity index is 1500. The summed E-state index contributed by atoms with van der Waals surface area (Å²) in [5.41, 5.74) is 4.23. The number of halogens is 1. The smallest absolute Gasteiger partial charge is 0.229 e. The number of imidazole rings is 1. The Morgan fingerprint density at radius 1 is 1.05 bits per heavy atom. The van der Waals surface area contributed by atoms with Gasteiger partial charge in [-0.3, -0.25) is 4.79 Å². The molecule has 0 bridgehead atoms. The van der Waals surface area contributed by atoms with Crippen LogP contribution in [0.15, 0.2) is 61.2 Å². The monoisotopic (exact) mass is 514 g/mol. The number of pyridine rings is 1. The molecule has 2 saturated carbocycles. The molecule has 1 aliphatic heterocycles. The molecule has 9 heteroatoms. The minimum Gasteiger partial charge on any atom is -0.391 e. The molecular weight excluding hydrogens is 488 g/mol. The Hall–Kier alpha value is -3.49. The zero-order valence-corrected chi connectivity index (χ0v) is 20.9. The van der Waals surface area contributed by atoms with Gasteiger partial charge in [-0.15, -0.1) is 0 Å². The quantitative estimate of drug-likeness (QED) is 0.387. The summed E-state index contributed by atoms with van der Waals surface area (Å²) < 4.78 is 2.09. The largest absolute Gasteiger partial charge is 0.391 e. The summed E-state index contributed by atoms with van der Waals surface area (Å²) in [7, 11) is 0. The van der Waals surface area contributed by atoms with E-state index in [-0.39, 0.29) is 23.8 Å². The van der Waals surface area contributed by atoms with Gasteiger partial charge in [-0.25, -0.2) is 15.0 Å². The van der Waals surface area contributed by atoms with Crippen molar-refractivity contribution in [3.05, 3.63) is 83.0 Å². The lowest BCUT2D eigenvalue weighted by Crippen LogP contribution is -2.26. The highest BCUT2D eigenvalue weighted by Gasteiger charge is 2.44. The van der Waals surface area contributed by atoms with Gasteiger partial charge in [0.05, 0.1) is 17.8 Å². The Morgan fingerprint density at radius 2 is 1.95 bits per heavy atom. The lowest BCUT2D eigenvalue weighted by atomic mass is 10.1. The number of hydrogen-bond donors (Lipinski definition) is 2. The van der Waals surface area contributed by atoms with Gasteiger partial charge in [0.2, 0.25) is 5.91 Å². The van der Waals surface area contributed by atoms with Gasteiger partial charge in [0.15, 0.2) is 0 Å². The van der Waals surface area contributed by atoms with Crippen LogP contribution in [0.4, 0.5) is 11.6 Å². The van der Waals surface area contributed by atoms with Gasteiger partial charge >= 0.3 is 0 Å². The van der Waals surface area contributed by atoms with Crippen LogP contribution in [-0.2, 0) is 4.79 Å². The van der Waals surface area contributed by atoms with E-state index in [0.717, 1.165) is 23.3 Å². The molecule has 8 nitrogen and oxygen atoms in total. The molecule has 7 rings (SSSR count). The number of rotatable bonds is 6. The number of nitrogens with zero attached hydrogens (tertiary/aromatic N) is 5. The summed E-state index contributed by atoms with van der Waals surface area (Å²) in [4.78, 5) is 28.6. The van der Waals surface area contributed by atoms with E-state index in [0.29, 0.717) is 35.5 Å². The lowest BCUT2D eigenvalue weighted by Gasteiger charge is -2.24. The van der Waals surface area contributed by atoms with Crippen LogP contribution in [0.2, 0.25) is 5.02 Å². The second-order valence-corrected chi connectivity index (χ2v) is 10.9. The summed E-state index contributed by atoms with van der Waals surface area (Å²) in [6.07, 6.45) is 9.06. The zero-order chi connectivity index (χ0) is 25.1. The number of aliphatic hydroxyl groups excluding tert-OH is 1. The van der Waals surface area contributed by atoms with Crippen molar-refractivity contribution in [2.75, 3.05) is 16.8 Å². The number of hydrogen-bond acceptors (Lipinski definition) is 6. The van der Waals surface area contributed by atoms with Crippen LogP contribution in [0.25, 0.3) is 5.65 Å². The molecule has 0 unspecified atom stereocenters. The zero-order valence-electron chi connectivity index (χ0n) is 20.2. The third-order valence-electron chi connectivity index (χ3n) is 7.76. The molecule has 4 aromatic rings. The predicted molar refractivity (Wildman–Crippen MR) is 141 cm³/mol. The number of aliphatic hydroxyl groups is 1. The molecule has 0 spiro atoms. The van der Waals surface area contributed by atoms with Gasteiger partial charge in [0, 0.05) is 42.4 Å². The molecule has 0 radical (unpaired) electrons. The molecule has 1 saturated heterocycles. The maximum Gasteiger partial charge on any atom is 0.229 e.